The third kappa shape index (κ3) is 1.40. The van der Waals surface area contributed by atoms with Gasteiger partial charge in [0.15, 0.2) is 0 Å². The van der Waals surface area contributed by atoms with Crippen LogP contribution in [0, 0.1) is 20.8 Å². The third-order valence-corrected chi connectivity index (χ3v) is 2.91. The number of hydrogen-bond donors (Lipinski definition) is 2. The minimum Gasteiger partial charge on any atom is -0.364 e. The Kier molecular flexibility index (Phi) is 2.03. The number of H-pyrrole nitrogens is 1. The number of fused-ring (bicyclic) bond motifs is 1. The highest BCUT2D eigenvalue weighted by Crippen LogP contribution is 2.25. The molecule has 3 N–H and O–H groups in total. The normalized spacial score (nSPS) is 10.9. The molecule has 0 saturated carbocycles. The molecular formula is C12H14N2O. The Labute approximate surface area is 88.3 Å². The molecule has 0 aliphatic rings. The summed E-state index contributed by atoms with van der Waals surface area (Å²) in [5, 5.41) is 1.08. The van der Waals surface area contributed by atoms with Crippen molar-refractivity contribution < 1.29 is 4.79 Å². The number of primary amides is 1. The van der Waals surface area contributed by atoms with E-state index in [9.17, 15) is 4.79 Å². The summed E-state index contributed by atoms with van der Waals surface area (Å²) < 4.78 is 0. The molecule has 0 unspecified atom stereocenters. The zero-order valence-corrected chi connectivity index (χ0v) is 9.14. The van der Waals surface area contributed by atoms with Crippen molar-refractivity contribution in [2.24, 2.45) is 5.73 Å². The zero-order valence-electron chi connectivity index (χ0n) is 9.14. The molecule has 1 heterocycles. The first-order valence-electron chi connectivity index (χ1n) is 4.90. The smallest absolute Gasteiger partial charge is 0.265 e. The van der Waals surface area contributed by atoms with Crippen molar-refractivity contribution in [1.82, 2.24) is 4.98 Å². The van der Waals surface area contributed by atoms with Crippen LogP contribution in [0.5, 0.6) is 0 Å². The van der Waals surface area contributed by atoms with Crippen molar-refractivity contribution in [3.63, 3.8) is 0 Å². The molecule has 2 aromatic rings. The summed E-state index contributed by atoms with van der Waals surface area (Å²) in [6.07, 6.45) is 0. The zero-order chi connectivity index (χ0) is 11.2. The van der Waals surface area contributed by atoms with Crippen LogP contribution < -0.4 is 5.73 Å². The first-order chi connectivity index (χ1) is 7.00. The van der Waals surface area contributed by atoms with Gasteiger partial charge in [0.05, 0.1) is 0 Å². The summed E-state index contributed by atoms with van der Waals surface area (Å²) in [7, 11) is 0. The molecule has 2 rings (SSSR count). The molecule has 3 nitrogen and oxygen atoms in total. The van der Waals surface area contributed by atoms with Gasteiger partial charge in [-0.15, -0.1) is 0 Å². The number of nitrogens with one attached hydrogen (secondary N) is 1. The van der Waals surface area contributed by atoms with E-state index in [0.717, 1.165) is 16.5 Å². The fourth-order valence-electron chi connectivity index (χ4n) is 1.90. The van der Waals surface area contributed by atoms with Crippen molar-refractivity contribution in [2.45, 2.75) is 20.8 Å². The van der Waals surface area contributed by atoms with E-state index in [0.29, 0.717) is 5.69 Å². The number of amides is 1. The molecule has 1 aromatic heterocycles. The van der Waals surface area contributed by atoms with Crippen LogP contribution >= 0.6 is 0 Å². The number of benzene rings is 1. The Morgan fingerprint density at radius 2 is 1.87 bits per heavy atom. The monoisotopic (exact) mass is 202 g/mol. The molecule has 0 aliphatic heterocycles. The highest BCUT2D eigenvalue weighted by atomic mass is 16.1. The van der Waals surface area contributed by atoms with Gasteiger partial charge >= 0.3 is 0 Å². The predicted molar refractivity (Wildman–Crippen MR) is 61.0 cm³/mol. The van der Waals surface area contributed by atoms with E-state index in [4.69, 9.17) is 5.73 Å². The second-order valence-corrected chi connectivity index (χ2v) is 3.97. The Morgan fingerprint density at radius 3 is 2.47 bits per heavy atom. The van der Waals surface area contributed by atoms with Crippen LogP contribution in [0.4, 0.5) is 0 Å². The van der Waals surface area contributed by atoms with Gasteiger partial charge in [0.1, 0.15) is 5.69 Å². The number of hydrogen-bond acceptors (Lipinski definition) is 1. The maximum absolute atomic E-state index is 11.1. The minimum atomic E-state index is -0.414. The van der Waals surface area contributed by atoms with Crippen LogP contribution in [0.2, 0.25) is 0 Å². The lowest BCUT2D eigenvalue weighted by atomic mass is 10.0. The van der Waals surface area contributed by atoms with Gasteiger partial charge < -0.3 is 10.7 Å². The van der Waals surface area contributed by atoms with Gasteiger partial charge in [-0.3, -0.25) is 4.79 Å². The standard InChI is InChI=1S/C12H14N2O/c1-6-4-7(2)9-5-10(12(13)15)14-11(9)8(6)3/h4-5,14H,1-3H3,(H2,13,15). The molecule has 0 fully saturated rings. The van der Waals surface area contributed by atoms with Crippen LogP contribution in [-0.2, 0) is 0 Å². The Hall–Kier alpha value is -1.77. The fraction of sp³-hybridized carbons (Fsp3) is 0.250. The average molecular weight is 202 g/mol. The predicted octanol–water partition coefficient (Wildman–Crippen LogP) is 2.19. The SMILES string of the molecule is Cc1cc(C)c2cc(C(N)=O)[nH]c2c1C. The van der Waals surface area contributed by atoms with Gasteiger partial charge in [-0.1, -0.05) is 6.07 Å². The van der Waals surface area contributed by atoms with E-state index in [1.807, 2.05) is 19.9 Å². The van der Waals surface area contributed by atoms with Crippen LogP contribution in [0.1, 0.15) is 27.2 Å². The largest absolute Gasteiger partial charge is 0.364 e. The molecule has 0 radical (unpaired) electrons. The number of rotatable bonds is 1. The maximum Gasteiger partial charge on any atom is 0.265 e. The van der Waals surface area contributed by atoms with Crippen LogP contribution in [-0.4, -0.2) is 10.9 Å². The minimum absolute atomic E-state index is 0.414. The number of aromatic amines is 1. The van der Waals surface area contributed by atoms with E-state index < -0.39 is 5.91 Å². The summed E-state index contributed by atoms with van der Waals surface area (Å²) in [5.74, 6) is -0.414. The second kappa shape index (κ2) is 3.12. The summed E-state index contributed by atoms with van der Waals surface area (Å²) in [6.45, 7) is 6.14. The Bertz CT molecular complexity index is 552. The molecule has 0 aliphatic carbocycles. The van der Waals surface area contributed by atoms with Crippen LogP contribution in [0.3, 0.4) is 0 Å². The van der Waals surface area contributed by atoms with Crippen molar-refractivity contribution in [2.75, 3.05) is 0 Å². The second-order valence-electron chi connectivity index (χ2n) is 3.97. The van der Waals surface area contributed by atoms with E-state index in [-0.39, 0.29) is 0 Å². The van der Waals surface area contributed by atoms with Crippen molar-refractivity contribution in [3.05, 3.63) is 34.5 Å². The average Bonchev–Trinajstić information content (AvgIpc) is 2.59. The summed E-state index contributed by atoms with van der Waals surface area (Å²) in [5.41, 5.74) is 10.3. The van der Waals surface area contributed by atoms with Gasteiger partial charge in [-0.2, -0.15) is 0 Å². The number of nitrogens with two attached hydrogens (primary N) is 1. The number of aromatic nitrogens is 1. The summed E-state index contributed by atoms with van der Waals surface area (Å²) >= 11 is 0. The molecule has 0 bridgehead atoms. The van der Waals surface area contributed by atoms with E-state index in [1.165, 1.54) is 11.1 Å². The number of carbonyl (C=O) groups excluding carboxylic acids is 1. The molecule has 1 amide bonds. The summed E-state index contributed by atoms with van der Waals surface area (Å²) in [4.78, 5) is 14.1. The Balaban J connectivity index is 2.85. The van der Waals surface area contributed by atoms with Gasteiger partial charge in [-0.05, 0) is 43.5 Å². The number of carbonyl (C=O) groups is 1. The lowest BCUT2D eigenvalue weighted by molar-refractivity contribution is 0.0996. The van der Waals surface area contributed by atoms with Crippen molar-refractivity contribution in [3.8, 4) is 0 Å². The molecule has 78 valence electrons. The molecule has 0 atom stereocenters. The maximum atomic E-state index is 11.1. The fourth-order valence-corrected chi connectivity index (χ4v) is 1.90. The van der Waals surface area contributed by atoms with Crippen LogP contribution in [0.15, 0.2) is 12.1 Å². The van der Waals surface area contributed by atoms with Crippen molar-refractivity contribution >= 4 is 16.8 Å². The van der Waals surface area contributed by atoms with Crippen molar-refractivity contribution in [1.29, 1.82) is 0 Å². The van der Waals surface area contributed by atoms with E-state index in [2.05, 4.69) is 18.0 Å². The first-order valence-corrected chi connectivity index (χ1v) is 4.90. The highest BCUT2D eigenvalue weighted by Gasteiger charge is 2.10. The van der Waals surface area contributed by atoms with Gasteiger partial charge in [-0.25, -0.2) is 0 Å². The highest BCUT2D eigenvalue weighted by molar-refractivity contribution is 5.99. The summed E-state index contributed by atoms with van der Waals surface area (Å²) in [6, 6.07) is 3.94. The molecule has 3 heteroatoms. The molecule has 15 heavy (non-hydrogen) atoms. The molecule has 0 saturated heterocycles. The van der Waals surface area contributed by atoms with E-state index >= 15 is 0 Å². The first kappa shape index (κ1) is 9.77. The lowest BCUT2D eigenvalue weighted by Crippen LogP contribution is -2.10. The van der Waals surface area contributed by atoms with Crippen LogP contribution in [0.25, 0.3) is 10.9 Å². The quantitative estimate of drug-likeness (QED) is 0.731. The number of aryl methyl sites for hydroxylation is 3. The lowest BCUT2D eigenvalue weighted by Gasteiger charge is -2.04. The van der Waals surface area contributed by atoms with Gasteiger partial charge in [0.25, 0.3) is 5.91 Å². The molecular weight excluding hydrogens is 188 g/mol. The van der Waals surface area contributed by atoms with Gasteiger partial charge in [0.2, 0.25) is 0 Å². The topological polar surface area (TPSA) is 58.9 Å². The van der Waals surface area contributed by atoms with Gasteiger partial charge in [0, 0.05) is 10.9 Å². The Morgan fingerprint density at radius 1 is 1.20 bits per heavy atom. The van der Waals surface area contributed by atoms with E-state index in [1.54, 1.807) is 0 Å². The molecule has 0 spiro atoms. The molecule has 1 aromatic carbocycles. The third-order valence-electron chi connectivity index (χ3n) is 2.91.